The number of halogens is 3. The molecule has 0 aromatic rings. The second-order valence-corrected chi connectivity index (χ2v) is 5.46. The van der Waals surface area contributed by atoms with Crippen molar-refractivity contribution in [3.63, 3.8) is 0 Å². The number of hydrogen-bond acceptors (Lipinski definition) is 1. The zero-order chi connectivity index (χ0) is 12.2. The van der Waals surface area contributed by atoms with Crippen LogP contribution in [0, 0.1) is 11.3 Å². The zero-order valence-electron chi connectivity index (χ0n) is 8.93. The van der Waals surface area contributed by atoms with E-state index in [0.29, 0.717) is 6.42 Å². The van der Waals surface area contributed by atoms with Crippen LogP contribution in [-0.4, -0.2) is 16.5 Å². The zero-order valence-corrected chi connectivity index (χ0v) is 11.2. The second-order valence-electron chi connectivity index (χ2n) is 3.98. The maximum absolute atomic E-state index is 11.0. The normalized spacial score (nSPS) is 15.6. The molecule has 0 aliphatic heterocycles. The van der Waals surface area contributed by atoms with E-state index in [1.54, 1.807) is 13.8 Å². The largest absolute Gasteiger partial charge is 0.481 e. The quantitative estimate of drug-likeness (QED) is 0.767. The number of rotatable bonds is 5. The van der Waals surface area contributed by atoms with Gasteiger partial charge in [0.05, 0.1) is 11.3 Å². The lowest BCUT2D eigenvalue weighted by atomic mass is 9.74. The number of carbonyl (C=O) groups is 1. The lowest BCUT2D eigenvalue weighted by Gasteiger charge is -2.33. The smallest absolute Gasteiger partial charge is 0.307 e. The molecule has 0 saturated carbocycles. The number of carboxylic acid groups (broad SMARTS) is 1. The van der Waals surface area contributed by atoms with Crippen LogP contribution >= 0.6 is 34.8 Å². The van der Waals surface area contributed by atoms with E-state index in [-0.39, 0.29) is 4.49 Å². The maximum atomic E-state index is 11.0. The molecular formula is C10H15Cl3O2. The summed E-state index contributed by atoms with van der Waals surface area (Å²) in [5.41, 5.74) is -0.600. The predicted octanol–water partition coefficient (Wildman–Crippen LogP) is 4.05. The minimum Gasteiger partial charge on any atom is -0.481 e. The van der Waals surface area contributed by atoms with Gasteiger partial charge in [0, 0.05) is 0 Å². The molecule has 0 fully saturated rings. The van der Waals surface area contributed by atoms with Crippen molar-refractivity contribution in [3.05, 3.63) is 10.6 Å². The average molecular weight is 274 g/mol. The Bertz CT molecular complexity index is 257. The summed E-state index contributed by atoms with van der Waals surface area (Å²) in [5, 5.41) is 8.54. The highest BCUT2D eigenvalue weighted by molar-refractivity contribution is 6.56. The summed E-state index contributed by atoms with van der Waals surface area (Å²) in [5.74, 6) is -1.38. The van der Waals surface area contributed by atoms with Gasteiger partial charge in [-0.3, -0.25) is 4.79 Å². The van der Waals surface area contributed by atoms with E-state index in [4.69, 9.17) is 39.9 Å². The van der Waals surface area contributed by atoms with Gasteiger partial charge < -0.3 is 5.11 Å². The monoisotopic (exact) mass is 272 g/mol. The predicted molar refractivity (Wildman–Crippen MR) is 64.6 cm³/mol. The topological polar surface area (TPSA) is 37.3 Å². The van der Waals surface area contributed by atoms with Crippen LogP contribution in [0.1, 0.15) is 27.2 Å². The third-order valence-electron chi connectivity index (χ3n) is 2.59. The van der Waals surface area contributed by atoms with E-state index in [9.17, 15) is 4.79 Å². The van der Waals surface area contributed by atoms with Gasteiger partial charge >= 0.3 is 5.97 Å². The van der Waals surface area contributed by atoms with E-state index in [1.807, 2.05) is 6.92 Å². The van der Waals surface area contributed by atoms with Gasteiger partial charge in [-0.15, -0.1) is 11.6 Å². The molecule has 2 nitrogen and oxygen atoms in total. The van der Waals surface area contributed by atoms with Crippen molar-refractivity contribution < 1.29 is 9.90 Å². The molecule has 0 aromatic heterocycles. The molecule has 0 aromatic carbocycles. The first-order chi connectivity index (χ1) is 6.73. The van der Waals surface area contributed by atoms with Crippen molar-refractivity contribution in [2.24, 2.45) is 11.3 Å². The van der Waals surface area contributed by atoms with Crippen molar-refractivity contribution >= 4 is 40.8 Å². The second kappa shape index (κ2) is 5.97. The van der Waals surface area contributed by atoms with Crippen LogP contribution in [-0.2, 0) is 4.79 Å². The fourth-order valence-electron chi connectivity index (χ4n) is 1.54. The van der Waals surface area contributed by atoms with Gasteiger partial charge in [0.25, 0.3) is 0 Å². The van der Waals surface area contributed by atoms with Crippen molar-refractivity contribution in [1.29, 1.82) is 0 Å². The number of hydrogen-bond donors (Lipinski definition) is 1. The minimum atomic E-state index is -0.854. The van der Waals surface area contributed by atoms with E-state index in [0.717, 1.165) is 0 Å². The van der Waals surface area contributed by atoms with E-state index in [1.165, 1.54) is 6.08 Å². The van der Waals surface area contributed by atoms with Gasteiger partial charge in [-0.1, -0.05) is 44.0 Å². The summed E-state index contributed by atoms with van der Waals surface area (Å²) in [4.78, 5) is 11.0. The van der Waals surface area contributed by atoms with Crippen LogP contribution < -0.4 is 0 Å². The number of allylic oxidation sites excluding steroid dienone is 1. The van der Waals surface area contributed by atoms with Crippen LogP contribution in [0.3, 0.4) is 0 Å². The molecule has 0 aliphatic rings. The van der Waals surface area contributed by atoms with Gasteiger partial charge in [0.1, 0.15) is 4.49 Å². The molecule has 0 bridgehead atoms. The van der Waals surface area contributed by atoms with E-state index >= 15 is 0 Å². The van der Waals surface area contributed by atoms with E-state index in [2.05, 4.69) is 0 Å². The summed E-state index contributed by atoms with van der Waals surface area (Å²) >= 11 is 17.1. The standard InChI is InChI=1S/C10H15Cl3O2/c1-4-6(9(14)15)10(2,3)7(11)5-8(12)13/h5-7H,4H2,1-3H3,(H,14,15). The first-order valence-electron chi connectivity index (χ1n) is 4.63. The van der Waals surface area contributed by atoms with Crippen LogP contribution in [0.15, 0.2) is 10.6 Å². The molecule has 1 N–H and O–H groups in total. The van der Waals surface area contributed by atoms with Gasteiger partial charge in [-0.25, -0.2) is 0 Å². The fourth-order valence-corrected chi connectivity index (χ4v) is 2.20. The molecule has 0 radical (unpaired) electrons. The molecule has 0 rings (SSSR count). The summed E-state index contributed by atoms with van der Waals surface area (Å²) in [7, 11) is 0. The maximum Gasteiger partial charge on any atom is 0.307 e. The lowest BCUT2D eigenvalue weighted by molar-refractivity contribution is -0.145. The molecule has 0 aliphatic carbocycles. The Labute approximate surface area is 105 Å². The molecule has 5 heteroatoms. The van der Waals surface area contributed by atoms with Crippen LogP contribution in [0.25, 0.3) is 0 Å². The molecule has 0 spiro atoms. The van der Waals surface area contributed by atoms with Crippen molar-refractivity contribution in [3.8, 4) is 0 Å². The molecule has 2 atom stereocenters. The molecule has 0 amide bonds. The summed E-state index contributed by atoms with van der Waals surface area (Å²) in [6.45, 7) is 5.40. The number of carboxylic acids is 1. The Morgan fingerprint density at radius 2 is 1.93 bits per heavy atom. The summed E-state index contributed by atoms with van der Waals surface area (Å²) < 4.78 is 0.0586. The highest BCUT2D eigenvalue weighted by Gasteiger charge is 2.38. The van der Waals surface area contributed by atoms with Crippen molar-refractivity contribution in [2.75, 3.05) is 0 Å². The number of alkyl halides is 1. The highest BCUT2D eigenvalue weighted by Crippen LogP contribution is 2.38. The molecule has 88 valence electrons. The van der Waals surface area contributed by atoms with Gasteiger partial charge in [-0.05, 0) is 17.9 Å². The summed E-state index contributed by atoms with van der Waals surface area (Å²) in [6, 6.07) is 0. The lowest BCUT2D eigenvalue weighted by Crippen LogP contribution is -2.37. The molecule has 15 heavy (non-hydrogen) atoms. The Morgan fingerprint density at radius 1 is 1.47 bits per heavy atom. The first-order valence-corrected chi connectivity index (χ1v) is 5.82. The fraction of sp³-hybridized carbons (Fsp3) is 0.700. The van der Waals surface area contributed by atoms with Crippen molar-refractivity contribution in [1.82, 2.24) is 0 Å². The van der Waals surface area contributed by atoms with Crippen LogP contribution in [0.5, 0.6) is 0 Å². The molecular weight excluding hydrogens is 258 g/mol. The Kier molecular flexibility index (Phi) is 6.01. The van der Waals surface area contributed by atoms with Crippen molar-refractivity contribution in [2.45, 2.75) is 32.6 Å². The van der Waals surface area contributed by atoms with Gasteiger partial charge in [0.2, 0.25) is 0 Å². The Hall–Kier alpha value is 0.0800. The third-order valence-corrected chi connectivity index (χ3v) is 3.53. The molecule has 0 saturated heterocycles. The van der Waals surface area contributed by atoms with Gasteiger partial charge in [0.15, 0.2) is 0 Å². The average Bonchev–Trinajstić information content (AvgIpc) is 2.02. The Balaban J connectivity index is 4.92. The molecule has 0 heterocycles. The Morgan fingerprint density at radius 3 is 2.20 bits per heavy atom. The van der Waals surface area contributed by atoms with Crippen LogP contribution in [0.2, 0.25) is 0 Å². The van der Waals surface area contributed by atoms with Crippen LogP contribution in [0.4, 0.5) is 0 Å². The van der Waals surface area contributed by atoms with E-state index < -0.39 is 22.7 Å². The first kappa shape index (κ1) is 15.1. The van der Waals surface area contributed by atoms with Gasteiger partial charge in [-0.2, -0.15) is 0 Å². The number of aliphatic carboxylic acids is 1. The SMILES string of the molecule is CCC(C(=O)O)C(C)(C)C(Cl)C=C(Cl)Cl. The molecule has 2 unspecified atom stereocenters. The summed E-state index contributed by atoms with van der Waals surface area (Å²) in [6.07, 6.45) is 1.97. The minimum absolute atomic E-state index is 0.0586. The third kappa shape index (κ3) is 4.21. The highest BCUT2D eigenvalue weighted by atomic mass is 35.5.